The number of aryl methyl sites for hydroxylation is 1. The number of nitrogens with zero attached hydrogens (tertiary/aromatic N) is 3. The molecule has 18 heavy (non-hydrogen) atoms. The Balaban J connectivity index is 1.50. The molecule has 2 aliphatic rings. The molecule has 6 heteroatoms. The summed E-state index contributed by atoms with van der Waals surface area (Å²) in [5.41, 5.74) is 0. The Hall–Kier alpha value is -1.43. The molecule has 1 aromatic rings. The van der Waals surface area contributed by atoms with Crippen molar-refractivity contribution < 1.29 is 9.32 Å². The topological polar surface area (TPSA) is 71.3 Å². The van der Waals surface area contributed by atoms with Crippen LogP contribution in [0, 0.1) is 6.92 Å². The lowest BCUT2D eigenvalue weighted by molar-refractivity contribution is -0.127. The quantitative estimate of drug-likeness (QED) is 0.830. The molecule has 2 atom stereocenters. The molecule has 6 nitrogen and oxygen atoms in total. The van der Waals surface area contributed by atoms with Crippen molar-refractivity contribution in [2.75, 3.05) is 13.1 Å². The first-order chi connectivity index (χ1) is 8.74. The van der Waals surface area contributed by atoms with E-state index in [0.717, 1.165) is 38.2 Å². The molecule has 98 valence electrons. The van der Waals surface area contributed by atoms with E-state index in [1.54, 1.807) is 6.92 Å². The molecule has 3 rings (SSSR count). The zero-order valence-corrected chi connectivity index (χ0v) is 10.6. The molecule has 2 fully saturated rings. The van der Waals surface area contributed by atoms with Crippen molar-refractivity contribution in [2.45, 2.75) is 44.7 Å². The van der Waals surface area contributed by atoms with Crippen LogP contribution in [0.5, 0.6) is 0 Å². The van der Waals surface area contributed by atoms with Crippen LogP contribution in [0.2, 0.25) is 0 Å². The molecule has 2 aliphatic heterocycles. The third-order valence-electron chi connectivity index (χ3n) is 3.80. The zero-order chi connectivity index (χ0) is 12.5. The Morgan fingerprint density at radius 1 is 1.56 bits per heavy atom. The van der Waals surface area contributed by atoms with Gasteiger partial charge in [0.05, 0.1) is 0 Å². The summed E-state index contributed by atoms with van der Waals surface area (Å²) in [7, 11) is 0. The number of hydrogen-bond donors (Lipinski definition) is 1. The molecule has 2 saturated heterocycles. The van der Waals surface area contributed by atoms with Crippen molar-refractivity contribution in [3.63, 3.8) is 0 Å². The third kappa shape index (κ3) is 2.12. The number of carbonyl (C=O) groups is 1. The highest BCUT2D eigenvalue weighted by Crippen LogP contribution is 2.28. The lowest BCUT2D eigenvalue weighted by Crippen LogP contribution is -2.40. The highest BCUT2D eigenvalue weighted by atomic mass is 16.5. The number of carbonyl (C=O) groups excluding carboxylic acids is 1. The van der Waals surface area contributed by atoms with E-state index < -0.39 is 0 Å². The standard InChI is InChI=1S/C12H18N4O2/c1-8-14-11(15-18-8)4-5-13-9-7-12(17)16-6-2-3-10(9)16/h9-10,13H,2-7H2,1H3. The minimum Gasteiger partial charge on any atom is -0.340 e. The van der Waals surface area contributed by atoms with Crippen LogP contribution in [0.1, 0.15) is 31.0 Å². The summed E-state index contributed by atoms with van der Waals surface area (Å²) in [5, 5.41) is 7.31. The van der Waals surface area contributed by atoms with Gasteiger partial charge in [0.2, 0.25) is 11.8 Å². The maximum absolute atomic E-state index is 11.7. The van der Waals surface area contributed by atoms with Gasteiger partial charge in [0.25, 0.3) is 0 Å². The SMILES string of the molecule is Cc1nc(CCNC2CC(=O)N3CCCC23)no1. The van der Waals surface area contributed by atoms with Crippen LogP contribution in [0.4, 0.5) is 0 Å². The number of rotatable bonds is 4. The lowest BCUT2D eigenvalue weighted by Gasteiger charge is -2.20. The summed E-state index contributed by atoms with van der Waals surface area (Å²) in [4.78, 5) is 17.9. The van der Waals surface area contributed by atoms with E-state index in [2.05, 4.69) is 15.5 Å². The first-order valence-corrected chi connectivity index (χ1v) is 6.56. The van der Waals surface area contributed by atoms with Crippen molar-refractivity contribution in [2.24, 2.45) is 0 Å². The highest BCUT2D eigenvalue weighted by Gasteiger charge is 2.41. The summed E-state index contributed by atoms with van der Waals surface area (Å²) >= 11 is 0. The van der Waals surface area contributed by atoms with E-state index in [9.17, 15) is 4.79 Å². The van der Waals surface area contributed by atoms with Crippen molar-refractivity contribution in [1.82, 2.24) is 20.4 Å². The molecule has 0 spiro atoms. The van der Waals surface area contributed by atoms with Gasteiger partial charge in [0.15, 0.2) is 5.82 Å². The maximum Gasteiger partial charge on any atom is 0.224 e. The zero-order valence-electron chi connectivity index (χ0n) is 10.6. The molecule has 1 aromatic heterocycles. The molecule has 0 aliphatic carbocycles. The number of hydrogen-bond acceptors (Lipinski definition) is 5. The number of amides is 1. The maximum atomic E-state index is 11.7. The van der Waals surface area contributed by atoms with E-state index in [-0.39, 0.29) is 0 Å². The Morgan fingerprint density at radius 3 is 3.22 bits per heavy atom. The summed E-state index contributed by atoms with van der Waals surface area (Å²) in [6, 6.07) is 0.706. The molecule has 1 N–H and O–H groups in total. The Labute approximate surface area is 106 Å². The number of nitrogens with one attached hydrogen (secondary N) is 1. The molecule has 0 saturated carbocycles. The molecule has 0 bridgehead atoms. The van der Waals surface area contributed by atoms with Crippen molar-refractivity contribution >= 4 is 5.91 Å². The Kier molecular flexibility index (Phi) is 3.03. The second-order valence-electron chi connectivity index (χ2n) is 5.04. The highest BCUT2D eigenvalue weighted by molar-refractivity contribution is 5.80. The second kappa shape index (κ2) is 4.68. The summed E-state index contributed by atoms with van der Waals surface area (Å²) in [6.07, 6.45) is 3.65. The van der Waals surface area contributed by atoms with Crippen LogP contribution in [0.3, 0.4) is 0 Å². The van der Waals surface area contributed by atoms with Gasteiger partial charge in [0, 0.05) is 44.9 Å². The average Bonchev–Trinajstić information content (AvgIpc) is 3.00. The van der Waals surface area contributed by atoms with Gasteiger partial charge in [0.1, 0.15) is 0 Å². The minimum absolute atomic E-state index is 0.297. The monoisotopic (exact) mass is 250 g/mol. The summed E-state index contributed by atoms with van der Waals surface area (Å²) < 4.78 is 4.92. The van der Waals surface area contributed by atoms with Crippen LogP contribution in [0.25, 0.3) is 0 Å². The van der Waals surface area contributed by atoms with E-state index in [1.165, 1.54) is 0 Å². The predicted molar refractivity (Wildman–Crippen MR) is 63.9 cm³/mol. The van der Waals surface area contributed by atoms with Gasteiger partial charge in [-0.15, -0.1) is 0 Å². The van der Waals surface area contributed by atoms with E-state index in [4.69, 9.17) is 4.52 Å². The first kappa shape index (κ1) is 11.6. The summed E-state index contributed by atoms with van der Waals surface area (Å²) in [6.45, 7) is 3.52. The molecule has 0 radical (unpaired) electrons. The fourth-order valence-electron chi connectivity index (χ4n) is 2.98. The van der Waals surface area contributed by atoms with Gasteiger partial charge in [-0.05, 0) is 12.8 Å². The van der Waals surface area contributed by atoms with Crippen LogP contribution in [-0.2, 0) is 11.2 Å². The van der Waals surface area contributed by atoms with Crippen LogP contribution in [-0.4, -0.2) is 46.1 Å². The van der Waals surface area contributed by atoms with Crippen molar-refractivity contribution in [3.8, 4) is 0 Å². The van der Waals surface area contributed by atoms with Gasteiger partial charge >= 0.3 is 0 Å². The van der Waals surface area contributed by atoms with Crippen LogP contribution >= 0.6 is 0 Å². The fraction of sp³-hybridized carbons (Fsp3) is 0.750. The van der Waals surface area contributed by atoms with Crippen LogP contribution in [0.15, 0.2) is 4.52 Å². The average molecular weight is 250 g/mol. The van der Waals surface area contributed by atoms with Gasteiger partial charge in [-0.25, -0.2) is 0 Å². The van der Waals surface area contributed by atoms with Gasteiger partial charge in [-0.3, -0.25) is 4.79 Å². The van der Waals surface area contributed by atoms with E-state index in [0.29, 0.717) is 30.3 Å². The Bertz CT molecular complexity index is 445. The van der Waals surface area contributed by atoms with E-state index in [1.807, 2.05) is 4.90 Å². The largest absolute Gasteiger partial charge is 0.340 e. The van der Waals surface area contributed by atoms with E-state index >= 15 is 0 Å². The van der Waals surface area contributed by atoms with Crippen LogP contribution < -0.4 is 5.32 Å². The molecular formula is C12H18N4O2. The normalized spacial score (nSPS) is 26.9. The predicted octanol–water partition coefficient (Wildman–Crippen LogP) is 0.273. The van der Waals surface area contributed by atoms with Crippen molar-refractivity contribution in [3.05, 3.63) is 11.7 Å². The second-order valence-corrected chi connectivity index (χ2v) is 5.04. The molecule has 0 aromatic carbocycles. The van der Waals surface area contributed by atoms with Gasteiger partial charge in [-0.2, -0.15) is 4.98 Å². The molecule has 1 amide bonds. The Morgan fingerprint density at radius 2 is 2.44 bits per heavy atom. The first-order valence-electron chi connectivity index (χ1n) is 6.56. The lowest BCUT2D eigenvalue weighted by atomic mass is 10.1. The number of fused-ring (bicyclic) bond motifs is 1. The smallest absolute Gasteiger partial charge is 0.224 e. The van der Waals surface area contributed by atoms with Gasteiger partial charge in [-0.1, -0.05) is 5.16 Å². The fourth-order valence-corrected chi connectivity index (χ4v) is 2.98. The molecule has 3 heterocycles. The van der Waals surface area contributed by atoms with Gasteiger partial charge < -0.3 is 14.7 Å². The minimum atomic E-state index is 0.297. The van der Waals surface area contributed by atoms with Crippen molar-refractivity contribution in [1.29, 1.82) is 0 Å². The number of aromatic nitrogens is 2. The molecule has 2 unspecified atom stereocenters. The third-order valence-corrected chi connectivity index (χ3v) is 3.80. The summed E-state index contributed by atoms with van der Waals surface area (Å²) in [5.74, 6) is 1.63. The molecular weight excluding hydrogens is 232 g/mol.